The molecule has 0 unspecified atom stereocenters. The summed E-state index contributed by atoms with van der Waals surface area (Å²) in [5.41, 5.74) is 34.6. The van der Waals surface area contributed by atoms with Crippen LogP contribution in [0.5, 0.6) is 11.5 Å². The van der Waals surface area contributed by atoms with Crippen molar-refractivity contribution >= 4 is 32.8 Å². The summed E-state index contributed by atoms with van der Waals surface area (Å²) in [6.45, 7) is 35.6. The predicted octanol–water partition coefficient (Wildman–Crippen LogP) is 30.9. The molecule has 0 atom stereocenters. The molecule has 0 bridgehead atoms. The molecular weight excluding hydrogens is 1450 g/mol. The first-order valence-corrected chi connectivity index (χ1v) is 43.0. The van der Waals surface area contributed by atoms with Gasteiger partial charge in [-0.05, 0) is 289 Å². The van der Waals surface area contributed by atoms with Crippen molar-refractivity contribution in [3.8, 4) is 123 Å². The number of ether oxygens (including phenoxy) is 1. The lowest BCUT2D eigenvalue weighted by atomic mass is 9.78. The number of unbranched alkanes of at least 4 members (excludes halogenated alkanes) is 2. The molecule has 17 aromatic rings. The van der Waals surface area contributed by atoms with Crippen LogP contribution in [-0.2, 0) is 40.0 Å². The van der Waals surface area contributed by atoms with Gasteiger partial charge < -0.3 is 13.9 Å². The molecule has 0 aliphatic heterocycles. The fourth-order valence-electron chi connectivity index (χ4n) is 17.1. The van der Waals surface area contributed by atoms with Crippen molar-refractivity contribution in [2.24, 2.45) is 0 Å². The van der Waals surface area contributed by atoms with Crippen molar-refractivity contribution in [1.82, 2.24) is 14.1 Å². The first-order valence-electron chi connectivity index (χ1n) is 43.0. The van der Waals surface area contributed by atoms with Gasteiger partial charge in [-0.25, -0.2) is 4.98 Å². The SMILES string of the molecule is CC(C)(C)c1cc(-c2cc(-c3cc(C(C)(C)C)cc(C(C)(C)C)c3)cc(-c3ccc4c(c3)c3ccc(Oc5cccc(-n6[c-][n+](CCCCCc7c(-c8cc(-c9ccccc9)cc(-c9ccccc9)c8)cccc7-c7cc(-c8ccccc8)cc(-c8ccccc8)c7)c7ccccc76)c5)cc3n4-c3cc(C(C)(C)C)ccn3)c2)cc(C(C)(C)C)c1. The van der Waals surface area contributed by atoms with Crippen molar-refractivity contribution in [3.05, 3.63) is 373 Å². The zero-order valence-corrected chi connectivity index (χ0v) is 72.5. The maximum atomic E-state index is 7.09. The molecule has 0 N–H and O–H groups in total. The molecule has 14 aromatic carbocycles. The molecule has 0 radical (unpaired) electrons. The zero-order valence-electron chi connectivity index (χ0n) is 72.5. The number of aryl methyl sites for hydroxylation is 1. The van der Waals surface area contributed by atoms with Crippen LogP contribution in [0.2, 0.25) is 0 Å². The largest absolute Gasteiger partial charge is 0.458 e. The minimum Gasteiger partial charge on any atom is -0.458 e. The van der Waals surface area contributed by atoms with Gasteiger partial charge in [-0.1, -0.05) is 322 Å². The lowest BCUT2D eigenvalue weighted by Crippen LogP contribution is -2.32. The number of aromatic nitrogens is 4. The Bertz CT molecular complexity index is 6220. The summed E-state index contributed by atoms with van der Waals surface area (Å²) in [5, 5.41) is 2.26. The van der Waals surface area contributed by atoms with Crippen LogP contribution < -0.4 is 9.30 Å². The summed E-state index contributed by atoms with van der Waals surface area (Å²) < 4.78 is 14.0. The van der Waals surface area contributed by atoms with Crippen LogP contribution in [0.3, 0.4) is 0 Å². The summed E-state index contributed by atoms with van der Waals surface area (Å²) in [6.07, 6.45) is 9.71. The molecule has 0 saturated carbocycles. The Morgan fingerprint density at radius 3 is 1.20 bits per heavy atom. The minimum atomic E-state index is -0.106. The van der Waals surface area contributed by atoms with Gasteiger partial charge in [0.05, 0.1) is 34.3 Å². The van der Waals surface area contributed by atoms with Gasteiger partial charge in [0.25, 0.3) is 0 Å². The van der Waals surface area contributed by atoms with Crippen molar-refractivity contribution < 1.29 is 9.30 Å². The second kappa shape index (κ2) is 32.2. The van der Waals surface area contributed by atoms with Gasteiger partial charge in [0.2, 0.25) is 6.33 Å². The number of para-hydroxylation sites is 2. The minimum absolute atomic E-state index is 0.0511. The highest BCUT2D eigenvalue weighted by Gasteiger charge is 2.27. The van der Waals surface area contributed by atoms with Gasteiger partial charge in [-0.3, -0.25) is 4.57 Å². The molecule has 3 heterocycles. The topological polar surface area (TPSA) is 35.9 Å². The maximum Gasteiger partial charge on any atom is 0.244 e. The Morgan fingerprint density at radius 1 is 0.292 bits per heavy atom. The summed E-state index contributed by atoms with van der Waals surface area (Å²) in [4.78, 5) is 5.17. The van der Waals surface area contributed by atoms with Crippen LogP contribution in [-0.4, -0.2) is 14.1 Å². The molecule has 5 heteroatoms. The Labute approximate surface area is 711 Å². The molecule has 0 aliphatic rings. The van der Waals surface area contributed by atoms with E-state index in [9.17, 15) is 0 Å². The lowest BCUT2D eigenvalue weighted by molar-refractivity contribution is -0.676. The van der Waals surface area contributed by atoms with E-state index in [0.717, 1.165) is 99.2 Å². The number of imidazole rings is 1. The van der Waals surface area contributed by atoms with E-state index in [1.54, 1.807) is 0 Å². The number of nitrogens with zero attached hydrogens (tertiary/aromatic N) is 4. The first kappa shape index (κ1) is 79.8. The fraction of sp³-hybridized carbons (Fsp3) is 0.217. The van der Waals surface area contributed by atoms with Gasteiger partial charge >= 0.3 is 0 Å². The normalized spacial score (nSPS) is 12.3. The van der Waals surface area contributed by atoms with Gasteiger partial charge in [-0.15, -0.1) is 0 Å². The highest BCUT2D eigenvalue weighted by Crippen LogP contribution is 2.46. The summed E-state index contributed by atoms with van der Waals surface area (Å²) in [6, 6.07) is 122. The van der Waals surface area contributed by atoms with Crippen LogP contribution in [0.25, 0.3) is 144 Å². The van der Waals surface area contributed by atoms with Crippen molar-refractivity contribution in [2.75, 3.05) is 0 Å². The van der Waals surface area contributed by atoms with E-state index in [-0.39, 0.29) is 27.1 Å². The standard InChI is InChI=1S/C115H110N4O/c1-111(2,3)93-54-55-116-110(73-93)119-106-53-50-81(86-59-87(89-66-94(112(4,5)6)71-95(67-89)113(7,8)9)61-88(60-86)90-68-96(114(10,11)12)72-97(69-90)115(13,14)15)70-105(106)104-52-51-100(75-109(104)119)120-99-44-33-43-98(74-99)118-76-117(107-48-30-31-49-108(107)118)56-32-20-29-45-103-101(91-62-82(77-35-21-16-22-36-77)57-83(63-91)78-37-23-17-24-38-78)46-34-47-102(103)92-64-84(79-39-25-18-26-40-79)58-85(65-92)80-41-27-19-28-42-80/h16-19,21-28,30-31,33-44,46-55,57-75H,20,29,32,45,56H2,1-15H3. The third kappa shape index (κ3) is 16.9. The molecule has 0 spiro atoms. The Hall–Kier alpha value is -12.7. The Balaban J connectivity index is 0.699. The number of benzene rings is 14. The van der Waals surface area contributed by atoms with E-state index in [4.69, 9.17) is 9.72 Å². The Kier molecular flexibility index (Phi) is 21.4. The van der Waals surface area contributed by atoms with Gasteiger partial charge in [-0.2, -0.15) is 0 Å². The smallest absolute Gasteiger partial charge is 0.244 e. The fourth-order valence-corrected chi connectivity index (χ4v) is 17.1. The third-order valence-electron chi connectivity index (χ3n) is 24.2. The lowest BCUT2D eigenvalue weighted by Gasteiger charge is -2.27. The molecule has 0 saturated heterocycles. The molecule has 596 valence electrons. The average Bonchev–Trinajstić information content (AvgIpc) is 1.58. The quantitative estimate of drug-likeness (QED) is 0.0459. The number of hydrogen-bond acceptors (Lipinski definition) is 2. The molecular formula is C115H110N4O. The van der Waals surface area contributed by atoms with Crippen LogP contribution in [0.1, 0.15) is 156 Å². The van der Waals surface area contributed by atoms with E-state index < -0.39 is 0 Å². The zero-order chi connectivity index (χ0) is 83.4. The third-order valence-corrected chi connectivity index (χ3v) is 24.2. The summed E-state index contributed by atoms with van der Waals surface area (Å²) in [7, 11) is 0. The van der Waals surface area contributed by atoms with E-state index >= 15 is 0 Å². The molecule has 120 heavy (non-hydrogen) atoms. The molecule has 17 rings (SSSR count). The van der Waals surface area contributed by atoms with Crippen molar-refractivity contribution in [1.29, 1.82) is 0 Å². The average molecular weight is 1560 g/mol. The van der Waals surface area contributed by atoms with Crippen LogP contribution in [0.4, 0.5) is 0 Å². The Morgan fingerprint density at radius 2 is 0.717 bits per heavy atom. The van der Waals surface area contributed by atoms with Crippen LogP contribution >= 0.6 is 0 Å². The summed E-state index contributed by atoms with van der Waals surface area (Å²) in [5.74, 6) is 2.32. The summed E-state index contributed by atoms with van der Waals surface area (Å²) >= 11 is 0. The highest BCUT2D eigenvalue weighted by atomic mass is 16.5. The first-order chi connectivity index (χ1) is 57.6. The number of pyridine rings is 1. The van der Waals surface area contributed by atoms with E-state index in [0.29, 0.717) is 0 Å². The highest BCUT2D eigenvalue weighted by molar-refractivity contribution is 6.11. The second-order valence-corrected chi connectivity index (χ2v) is 38.2. The van der Waals surface area contributed by atoms with Crippen LogP contribution in [0, 0.1) is 6.33 Å². The van der Waals surface area contributed by atoms with Crippen molar-refractivity contribution in [2.45, 2.75) is 163 Å². The molecule has 3 aromatic heterocycles. The van der Waals surface area contributed by atoms with Crippen LogP contribution in [0.15, 0.2) is 334 Å². The molecule has 5 nitrogen and oxygen atoms in total. The van der Waals surface area contributed by atoms with Gasteiger partial charge in [0.15, 0.2) is 0 Å². The number of fused-ring (bicyclic) bond motifs is 4. The molecule has 0 amide bonds. The second-order valence-electron chi connectivity index (χ2n) is 38.2. The van der Waals surface area contributed by atoms with Crippen molar-refractivity contribution in [3.63, 3.8) is 0 Å². The number of rotatable bonds is 19. The molecule has 0 aliphatic carbocycles. The van der Waals surface area contributed by atoms with E-state index in [1.807, 2.05) is 6.20 Å². The van der Waals surface area contributed by atoms with E-state index in [2.05, 4.69) is 451 Å². The van der Waals surface area contributed by atoms with Gasteiger partial charge in [0.1, 0.15) is 17.3 Å². The number of hydrogen-bond donors (Lipinski definition) is 0. The molecule has 0 fully saturated rings. The van der Waals surface area contributed by atoms with E-state index in [1.165, 1.54) is 122 Å². The van der Waals surface area contributed by atoms with Gasteiger partial charge in [0, 0.05) is 23.0 Å². The predicted molar refractivity (Wildman–Crippen MR) is 507 cm³/mol. The monoisotopic (exact) mass is 1560 g/mol. The maximum absolute atomic E-state index is 7.09.